The maximum absolute atomic E-state index is 12.1. The Kier molecular flexibility index (Phi) is 5.82. The minimum absolute atomic E-state index is 0.0159. The lowest BCUT2D eigenvalue weighted by Crippen LogP contribution is -2.15. The van der Waals surface area contributed by atoms with Gasteiger partial charge >= 0.3 is 0 Å². The molecule has 0 saturated carbocycles. The lowest BCUT2D eigenvalue weighted by atomic mass is 10.0. The molecular formula is C16H17BrN2OS. The number of amides is 1. The molecule has 1 aromatic heterocycles. The SMILES string of the molecule is CC(C)c1ccccc1NC(=O)CSc1ccc(Br)cn1. The molecule has 2 aromatic rings. The van der Waals surface area contributed by atoms with E-state index in [1.54, 1.807) is 6.20 Å². The molecule has 0 bridgehead atoms. The fourth-order valence-electron chi connectivity index (χ4n) is 1.89. The van der Waals surface area contributed by atoms with Crippen molar-refractivity contribution in [2.24, 2.45) is 0 Å². The number of para-hydroxylation sites is 1. The van der Waals surface area contributed by atoms with Gasteiger partial charge in [-0.1, -0.05) is 43.8 Å². The van der Waals surface area contributed by atoms with Crippen LogP contribution in [0, 0.1) is 0 Å². The van der Waals surface area contributed by atoms with E-state index < -0.39 is 0 Å². The molecule has 0 spiro atoms. The van der Waals surface area contributed by atoms with Gasteiger partial charge in [0.1, 0.15) is 0 Å². The largest absolute Gasteiger partial charge is 0.325 e. The number of hydrogen-bond donors (Lipinski definition) is 1. The lowest BCUT2D eigenvalue weighted by molar-refractivity contribution is -0.113. The first-order chi connectivity index (χ1) is 10.1. The summed E-state index contributed by atoms with van der Waals surface area (Å²) >= 11 is 4.77. The Balaban J connectivity index is 1.94. The van der Waals surface area contributed by atoms with Gasteiger partial charge in [0, 0.05) is 16.4 Å². The third kappa shape index (κ3) is 4.86. The van der Waals surface area contributed by atoms with E-state index in [0.29, 0.717) is 11.7 Å². The van der Waals surface area contributed by atoms with Crippen molar-refractivity contribution in [1.29, 1.82) is 0 Å². The van der Waals surface area contributed by atoms with Crippen LogP contribution in [0.5, 0.6) is 0 Å². The number of pyridine rings is 1. The van der Waals surface area contributed by atoms with Crippen molar-refractivity contribution in [3.05, 3.63) is 52.6 Å². The molecule has 0 aliphatic heterocycles. The number of carbonyl (C=O) groups is 1. The Labute approximate surface area is 137 Å². The Morgan fingerprint density at radius 3 is 2.71 bits per heavy atom. The Hall–Kier alpha value is -1.33. The summed E-state index contributed by atoms with van der Waals surface area (Å²) in [6.07, 6.45) is 1.73. The second-order valence-electron chi connectivity index (χ2n) is 4.89. The molecule has 0 atom stereocenters. The number of halogens is 1. The first-order valence-electron chi connectivity index (χ1n) is 6.69. The maximum Gasteiger partial charge on any atom is 0.234 e. The molecule has 1 amide bonds. The maximum atomic E-state index is 12.1. The zero-order valence-electron chi connectivity index (χ0n) is 12.0. The van der Waals surface area contributed by atoms with Crippen molar-refractivity contribution in [3.63, 3.8) is 0 Å². The smallest absolute Gasteiger partial charge is 0.234 e. The van der Waals surface area contributed by atoms with Crippen LogP contribution in [0.4, 0.5) is 5.69 Å². The van der Waals surface area contributed by atoms with Crippen LogP contribution in [-0.4, -0.2) is 16.6 Å². The minimum atomic E-state index is -0.0159. The van der Waals surface area contributed by atoms with Gasteiger partial charge < -0.3 is 5.32 Å². The molecule has 0 unspecified atom stereocenters. The van der Waals surface area contributed by atoms with Crippen molar-refractivity contribution >= 4 is 39.3 Å². The molecule has 2 rings (SSSR count). The molecule has 21 heavy (non-hydrogen) atoms. The third-order valence-corrected chi connectivity index (χ3v) is 4.32. The normalized spacial score (nSPS) is 10.7. The zero-order valence-corrected chi connectivity index (χ0v) is 14.4. The van der Waals surface area contributed by atoms with Gasteiger partial charge in [-0.15, -0.1) is 0 Å². The number of nitrogens with zero attached hydrogens (tertiary/aromatic N) is 1. The van der Waals surface area contributed by atoms with Crippen molar-refractivity contribution in [1.82, 2.24) is 4.98 Å². The van der Waals surface area contributed by atoms with E-state index in [4.69, 9.17) is 0 Å². The van der Waals surface area contributed by atoms with Gasteiger partial charge in [0.05, 0.1) is 10.8 Å². The number of rotatable bonds is 5. The predicted octanol–water partition coefficient (Wildman–Crippen LogP) is 4.70. The number of carbonyl (C=O) groups excluding carboxylic acids is 1. The second-order valence-corrected chi connectivity index (χ2v) is 6.80. The van der Waals surface area contributed by atoms with Gasteiger partial charge in [0.2, 0.25) is 5.91 Å². The highest BCUT2D eigenvalue weighted by Gasteiger charge is 2.09. The van der Waals surface area contributed by atoms with Crippen LogP contribution in [0.25, 0.3) is 0 Å². The van der Waals surface area contributed by atoms with Crippen LogP contribution in [0.15, 0.2) is 52.1 Å². The highest BCUT2D eigenvalue weighted by Crippen LogP contribution is 2.24. The molecular weight excluding hydrogens is 348 g/mol. The number of anilines is 1. The van der Waals surface area contributed by atoms with Crippen LogP contribution < -0.4 is 5.32 Å². The van der Waals surface area contributed by atoms with E-state index >= 15 is 0 Å². The highest BCUT2D eigenvalue weighted by atomic mass is 79.9. The molecule has 0 radical (unpaired) electrons. The standard InChI is InChI=1S/C16H17BrN2OS/c1-11(2)13-5-3-4-6-14(13)19-15(20)10-21-16-8-7-12(17)9-18-16/h3-9,11H,10H2,1-2H3,(H,19,20). The molecule has 0 fully saturated rings. The monoisotopic (exact) mass is 364 g/mol. The Morgan fingerprint density at radius 1 is 1.29 bits per heavy atom. The summed E-state index contributed by atoms with van der Waals surface area (Å²) in [5.41, 5.74) is 2.04. The van der Waals surface area contributed by atoms with Crippen LogP contribution in [-0.2, 0) is 4.79 Å². The molecule has 0 saturated heterocycles. The fraction of sp³-hybridized carbons (Fsp3) is 0.250. The van der Waals surface area contributed by atoms with Gasteiger partial charge in [-0.3, -0.25) is 4.79 Å². The molecule has 0 aliphatic rings. The first kappa shape index (κ1) is 16.0. The van der Waals surface area contributed by atoms with Crippen LogP contribution in [0.3, 0.4) is 0 Å². The van der Waals surface area contributed by atoms with Gasteiger partial charge in [0.15, 0.2) is 0 Å². The number of thioether (sulfide) groups is 1. The molecule has 0 aliphatic carbocycles. The molecule has 110 valence electrons. The summed E-state index contributed by atoms with van der Waals surface area (Å²) in [4.78, 5) is 16.3. The Bertz CT molecular complexity index is 614. The van der Waals surface area contributed by atoms with E-state index in [0.717, 1.165) is 20.7 Å². The average Bonchev–Trinajstić information content (AvgIpc) is 2.47. The van der Waals surface area contributed by atoms with Gasteiger partial charge in [-0.2, -0.15) is 0 Å². The summed E-state index contributed by atoms with van der Waals surface area (Å²) in [6.45, 7) is 4.23. The van der Waals surface area contributed by atoms with E-state index in [-0.39, 0.29) is 5.91 Å². The van der Waals surface area contributed by atoms with Crippen molar-refractivity contribution in [3.8, 4) is 0 Å². The topological polar surface area (TPSA) is 42.0 Å². The predicted molar refractivity (Wildman–Crippen MR) is 91.8 cm³/mol. The average molecular weight is 365 g/mol. The van der Waals surface area contributed by atoms with E-state index in [1.807, 2.05) is 36.4 Å². The summed E-state index contributed by atoms with van der Waals surface area (Å²) in [7, 11) is 0. The number of aromatic nitrogens is 1. The molecule has 1 aromatic carbocycles. The molecule has 3 nitrogen and oxygen atoms in total. The van der Waals surface area contributed by atoms with Crippen LogP contribution >= 0.6 is 27.7 Å². The Morgan fingerprint density at radius 2 is 2.05 bits per heavy atom. The molecule has 1 heterocycles. The highest BCUT2D eigenvalue weighted by molar-refractivity contribution is 9.10. The third-order valence-electron chi connectivity index (χ3n) is 2.91. The summed E-state index contributed by atoms with van der Waals surface area (Å²) in [5.74, 6) is 0.709. The summed E-state index contributed by atoms with van der Waals surface area (Å²) < 4.78 is 0.933. The minimum Gasteiger partial charge on any atom is -0.325 e. The first-order valence-corrected chi connectivity index (χ1v) is 8.47. The van der Waals surface area contributed by atoms with Gasteiger partial charge in [-0.25, -0.2) is 4.98 Å². The second kappa shape index (κ2) is 7.61. The summed E-state index contributed by atoms with van der Waals surface area (Å²) in [6, 6.07) is 11.7. The van der Waals surface area contributed by atoms with Gasteiger partial charge in [0.25, 0.3) is 0 Å². The quantitative estimate of drug-likeness (QED) is 0.781. The van der Waals surface area contributed by atoms with E-state index in [1.165, 1.54) is 11.8 Å². The van der Waals surface area contributed by atoms with Crippen LogP contribution in [0.1, 0.15) is 25.3 Å². The van der Waals surface area contributed by atoms with Crippen molar-refractivity contribution in [2.45, 2.75) is 24.8 Å². The fourth-order valence-corrected chi connectivity index (χ4v) is 2.76. The number of nitrogens with one attached hydrogen (secondary N) is 1. The number of hydrogen-bond acceptors (Lipinski definition) is 3. The summed E-state index contributed by atoms with van der Waals surface area (Å²) in [5, 5.41) is 3.82. The van der Waals surface area contributed by atoms with E-state index in [2.05, 4.69) is 40.1 Å². The lowest BCUT2D eigenvalue weighted by Gasteiger charge is -2.13. The number of benzene rings is 1. The zero-order chi connectivity index (χ0) is 15.2. The van der Waals surface area contributed by atoms with Gasteiger partial charge in [-0.05, 0) is 45.6 Å². The van der Waals surface area contributed by atoms with Crippen molar-refractivity contribution in [2.75, 3.05) is 11.1 Å². The molecule has 1 N–H and O–H groups in total. The van der Waals surface area contributed by atoms with Crippen molar-refractivity contribution < 1.29 is 4.79 Å². The van der Waals surface area contributed by atoms with E-state index in [9.17, 15) is 4.79 Å². The van der Waals surface area contributed by atoms with Crippen LogP contribution in [0.2, 0.25) is 0 Å². The molecule has 5 heteroatoms.